The minimum atomic E-state index is -0.855. The van der Waals surface area contributed by atoms with E-state index in [1.807, 2.05) is 31.2 Å². The van der Waals surface area contributed by atoms with E-state index in [-0.39, 0.29) is 11.8 Å². The topological polar surface area (TPSA) is 57.6 Å². The van der Waals surface area contributed by atoms with E-state index in [1.54, 1.807) is 11.9 Å². The van der Waals surface area contributed by atoms with Gasteiger partial charge in [-0.3, -0.25) is 9.59 Å². The number of carboxylic acid groups (broad SMARTS) is 1. The van der Waals surface area contributed by atoms with Gasteiger partial charge in [0.25, 0.3) is 0 Å². The van der Waals surface area contributed by atoms with E-state index in [1.165, 1.54) is 0 Å². The number of hydrogen-bond acceptors (Lipinski definition) is 2. The van der Waals surface area contributed by atoms with Crippen LogP contribution in [0.3, 0.4) is 0 Å². The molecule has 1 amide bonds. The van der Waals surface area contributed by atoms with E-state index >= 15 is 0 Å². The van der Waals surface area contributed by atoms with Gasteiger partial charge in [0.15, 0.2) is 0 Å². The van der Waals surface area contributed by atoms with Crippen molar-refractivity contribution in [3.8, 4) is 0 Å². The summed E-state index contributed by atoms with van der Waals surface area (Å²) in [7, 11) is 1.74. The molecule has 0 heterocycles. The largest absolute Gasteiger partial charge is 0.481 e. The van der Waals surface area contributed by atoms with Crippen LogP contribution >= 0.6 is 15.9 Å². The van der Waals surface area contributed by atoms with Gasteiger partial charge in [0.1, 0.15) is 0 Å². The highest BCUT2D eigenvalue weighted by Gasteiger charge is 2.42. The highest BCUT2D eigenvalue weighted by atomic mass is 79.9. The van der Waals surface area contributed by atoms with E-state index in [9.17, 15) is 14.7 Å². The lowest BCUT2D eigenvalue weighted by Crippen LogP contribution is -2.36. The molecule has 114 valence electrons. The average Bonchev–Trinajstić information content (AvgIpc) is 2.82. The number of carboxylic acids is 1. The van der Waals surface area contributed by atoms with Crippen LogP contribution in [0.2, 0.25) is 0 Å². The first-order chi connectivity index (χ1) is 9.90. The van der Waals surface area contributed by atoms with Crippen molar-refractivity contribution in [2.24, 2.45) is 17.8 Å². The van der Waals surface area contributed by atoms with Gasteiger partial charge in [-0.15, -0.1) is 0 Å². The number of amides is 1. The maximum atomic E-state index is 12.6. The van der Waals surface area contributed by atoms with Crippen LogP contribution in [-0.2, 0) is 16.1 Å². The second kappa shape index (κ2) is 6.60. The zero-order valence-corrected chi connectivity index (χ0v) is 13.8. The van der Waals surface area contributed by atoms with Crippen LogP contribution in [0.25, 0.3) is 0 Å². The number of carbonyl (C=O) groups excluding carboxylic acids is 1. The molecule has 0 radical (unpaired) electrons. The molecule has 1 saturated carbocycles. The smallest absolute Gasteiger partial charge is 0.307 e. The fourth-order valence-electron chi connectivity index (χ4n) is 3.08. The van der Waals surface area contributed by atoms with Gasteiger partial charge in [0, 0.05) is 18.1 Å². The summed E-state index contributed by atoms with van der Waals surface area (Å²) in [5.74, 6) is -1.58. The molecule has 3 atom stereocenters. The van der Waals surface area contributed by atoms with Crippen LogP contribution < -0.4 is 0 Å². The van der Waals surface area contributed by atoms with Gasteiger partial charge in [-0.25, -0.2) is 0 Å². The summed E-state index contributed by atoms with van der Waals surface area (Å²) < 4.78 is 0.958. The fraction of sp³-hybridized carbons (Fsp3) is 0.500. The minimum Gasteiger partial charge on any atom is -0.481 e. The average molecular weight is 354 g/mol. The monoisotopic (exact) mass is 353 g/mol. The van der Waals surface area contributed by atoms with Gasteiger partial charge in [-0.05, 0) is 30.4 Å². The Morgan fingerprint density at radius 3 is 2.52 bits per heavy atom. The summed E-state index contributed by atoms with van der Waals surface area (Å²) in [5, 5.41) is 9.29. The highest BCUT2D eigenvalue weighted by Crippen LogP contribution is 2.37. The van der Waals surface area contributed by atoms with Gasteiger partial charge >= 0.3 is 5.97 Å². The first-order valence-corrected chi connectivity index (χ1v) is 7.90. The van der Waals surface area contributed by atoms with Crippen molar-refractivity contribution >= 4 is 27.8 Å². The van der Waals surface area contributed by atoms with Crippen LogP contribution in [0.1, 0.15) is 25.3 Å². The third kappa shape index (κ3) is 3.64. The molecule has 1 fully saturated rings. The lowest BCUT2D eigenvalue weighted by atomic mass is 9.95. The van der Waals surface area contributed by atoms with Gasteiger partial charge in [0.2, 0.25) is 5.91 Å². The second-order valence-corrected chi connectivity index (χ2v) is 6.77. The van der Waals surface area contributed by atoms with Gasteiger partial charge in [-0.1, -0.05) is 41.1 Å². The van der Waals surface area contributed by atoms with Crippen LogP contribution in [0.15, 0.2) is 28.7 Å². The molecule has 0 spiro atoms. The summed E-state index contributed by atoms with van der Waals surface area (Å²) in [5.41, 5.74) is 1.02. The standard InChI is InChI=1S/C16H20BrNO3/c1-10-7-12(13(8-10)16(20)21)15(19)18(2)9-11-5-3-4-6-14(11)17/h3-6,10,12-13H,7-9H2,1-2H3,(H,20,21)/t10?,12-,13+/m0/s1. The Morgan fingerprint density at radius 2 is 1.90 bits per heavy atom. The molecule has 4 nitrogen and oxygen atoms in total. The molecular formula is C16H20BrNO3. The maximum Gasteiger partial charge on any atom is 0.307 e. The van der Waals surface area contributed by atoms with Crippen LogP contribution in [0.4, 0.5) is 0 Å². The molecular weight excluding hydrogens is 334 g/mol. The predicted molar refractivity (Wildman–Crippen MR) is 83.6 cm³/mol. The number of carbonyl (C=O) groups is 2. The lowest BCUT2D eigenvalue weighted by molar-refractivity contribution is -0.148. The van der Waals surface area contributed by atoms with Crippen LogP contribution in [0, 0.1) is 17.8 Å². The molecule has 1 unspecified atom stereocenters. The molecule has 1 aliphatic rings. The normalized spacial score (nSPS) is 24.8. The lowest BCUT2D eigenvalue weighted by Gasteiger charge is -2.24. The Kier molecular flexibility index (Phi) is 5.04. The number of halogens is 1. The molecule has 2 rings (SSSR count). The maximum absolute atomic E-state index is 12.6. The summed E-state index contributed by atoms with van der Waals surface area (Å²) in [6.45, 7) is 2.49. The molecule has 1 N–H and O–H groups in total. The Hall–Kier alpha value is -1.36. The number of rotatable bonds is 4. The van der Waals surface area contributed by atoms with Crippen molar-refractivity contribution in [2.45, 2.75) is 26.3 Å². The van der Waals surface area contributed by atoms with Gasteiger partial charge in [-0.2, -0.15) is 0 Å². The minimum absolute atomic E-state index is 0.0671. The molecule has 1 aromatic rings. The predicted octanol–water partition coefficient (Wildman–Crippen LogP) is 3.15. The van der Waals surface area contributed by atoms with E-state index in [0.717, 1.165) is 10.0 Å². The highest BCUT2D eigenvalue weighted by molar-refractivity contribution is 9.10. The van der Waals surface area contributed by atoms with E-state index in [0.29, 0.717) is 19.4 Å². The number of aliphatic carboxylic acids is 1. The van der Waals surface area contributed by atoms with Gasteiger partial charge in [0.05, 0.1) is 11.8 Å². The zero-order chi connectivity index (χ0) is 15.6. The number of benzene rings is 1. The van der Waals surface area contributed by atoms with Crippen LogP contribution in [0.5, 0.6) is 0 Å². The van der Waals surface area contributed by atoms with E-state index in [2.05, 4.69) is 15.9 Å². The van der Waals surface area contributed by atoms with Crippen molar-refractivity contribution in [1.29, 1.82) is 0 Å². The first-order valence-electron chi connectivity index (χ1n) is 7.11. The van der Waals surface area contributed by atoms with E-state index < -0.39 is 17.8 Å². The third-order valence-electron chi connectivity index (χ3n) is 4.17. The molecule has 1 aliphatic carbocycles. The molecule has 1 aromatic carbocycles. The Balaban J connectivity index is 2.08. The Morgan fingerprint density at radius 1 is 1.29 bits per heavy atom. The second-order valence-electron chi connectivity index (χ2n) is 5.91. The Bertz CT molecular complexity index is 546. The zero-order valence-electron chi connectivity index (χ0n) is 12.3. The van der Waals surface area contributed by atoms with E-state index in [4.69, 9.17) is 0 Å². The molecule has 5 heteroatoms. The van der Waals surface area contributed by atoms with Gasteiger partial charge < -0.3 is 10.0 Å². The number of nitrogens with zero attached hydrogens (tertiary/aromatic N) is 1. The summed E-state index contributed by atoms with van der Waals surface area (Å²) in [6.07, 6.45) is 1.25. The third-order valence-corrected chi connectivity index (χ3v) is 4.95. The molecule has 0 aromatic heterocycles. The fourth-order valence-corrected chi connectivity index (χ4v) is 3.49. The van der Waals surface area contributed by atoms with Crippen LogP contribution in [-0.4, -0.2) is 28.9 Å². The van der Waals surface area contributed by atoms with Crippen molar-refractivity contribution in [3.63, 3.8) is 0 Å². The van der Waals surface area contributed by atoms with Crippen molar-refractivity contribution in [1.82, 2.24) is 4.90 Å². The quantitative estimate of drug-likeness (QED) is 0.904. The van der Waals surface area contributed by atoms with Crippen molar-refractivity contribution in [2.75, 3.05) is 7.05 Å². The Labute approximate surface area is 133 Å². The SMILES string of the molecule is CC1C[C@H](C(=O)N(C)Cc2ccccc2Br)[C@H](C(=O)O)C1. The molecule has 0 bridgehead atoms. The summed E-state index contributed by atoms with van der Waals surface area (Å²) in [6, 6.07) is 7.75. The molecule has 0 aliphatic heterocycles. The molecule has 0 saturated heterocycles. The summed E-state index contributed by atoms with van der Waals surface area (Å²) in [4.78, 5) is 25.5. The molecule has 21 heavy (non-hydrogen) atoms. The number of hydrogen-bond donors (Lipinski definition) is 1. The first kappa shape index (κ1) is 16.0. The van der Waals surface area contributed by atoms with Crippen molar-refractivity contribution < 1.29 is 14.7 Å². The van der Waals surface area contributed by atoms with Crippen molar-refractivity contribution in [3.05, 3.63) is 34.3 Å². The summed E-state index contributed by atoms with van der Waals surface area (Å²) >= 11 is 3.47.